The molecule has 2 aromatic carbocycles. The Morgan fingerprint density at radius 1 is 0.909 bits per heavy atom. The number of aromatic nitrogens is 3. The standard InChI is InChI=1S/C35H38N4O5/c1-24-34(43-23-27-8-4-3-5-9-27)33(35(41)37-20-21-42-25(2)40)39-32(38-24)22-26-11-15-29(16-12-26)44-30-17-13-28(14-18-30)31-10-6-7-19-36-31/h3-10,13-14,17-19,26,29H,11-12,15-16,20-23H2,1-2H3,(H,37,41). The highest BCUT2D eigenvalue weighted by Gasteiger charge is 2.26. The third-order valence-corrected chi connectivity index (χ3v) is 7.60. The molecule has 1 saturated carbocycles. The van der Waals surface area contributed by atoms with Gasteiger partial charge < -0.3 is 19.5 Å². The number of esters is 1. The van der Waals surface area contributed by atoms with E-state index in [0.29, 0.717) is 29.6 Å². The van der Waals surface area contributed by atoms with Gasteiger partial charge in [0.15, 0.2) is 11.4 Å². The molecule has 228 valence electrons. The van der Waals surface area contributed by atoms with Crippen LogP contribution in [-0.2, 0) is 22.6 Å². The molecule has 0 atom stereocenters. The number of carbonyl (C=O) groups is 2. The van der Waals surface area contributed by atoms with E-state index in [9.17, 15) is 9.59 Å². The molecular formula is C35H38N4O5. The van der Waals surface area contributed by atoms with Gasteiger partial charge in [0.05, 0.1) is 24.0 Å². The van der Waals surface area contributed by atoms with Crippen molar-refractivity contribution in [3.63, 3.8) is 0 Å². The first kappa shape index (κ1) is 30.7. The average molecular weight is 595 g/mol. The van der Waals surface area contributed by atoms with Crippen LogP contribution in [0.4, 0.5) is 0 Å². The number of ether oxygens (including phenoxy) is 3. The second-order valence-electron chi connectivity index (χ2n) is 11.0. The Hall–Kier alpha value is -4.79. The van der Waals surface area contributed by atoms with Gasteiger partial charge in [-0.05, 0) is 80.5 Å². The predicted molar refractivity (Wildman–Crippen MR) is 166 cm³/mol. The van der Waals surface area contributed by atoms with Crippen LogP contribution in [0.2, 0.25) is 0 Å². The SMILES string of the molecule is CC(=O)OCCNC(=O)c1nc(CC2CCC(Oc3ccc(-c4ccccn4)cc3)CC2)nc(C)c1OCc1ccccc1. The molecule has 2 aromatic heterocycles. The van der Waals surface area contributed by atoms with Crippen molar-refractivity contribution < 1.29 is 23.8 Å². The van der Waals surface area contributed by atoms with Crippen LogP contribution in [0.3, 0.4) is 0 Å². The maximum atomic E-state index is 13.2. The molecule has 0 bridgehead atoms. The molecule has 1 fully saturated rings. The Balaban J connectivity index is 1.20. The lowest BCUT2D eigenvalue weighted by Crippen LogP contribution is -2.30. The van der Waals surface area contributed by atoms with Gasteiger partial charge in [0.25, 0.3) is 5.91 Å². The van der Waals surface area contributed by atoms with Crippen molar-refractivity contribution in [2.75, 3.05) is 13.2 Å². The van der Waals surface area contributed by atoms with E-state index in [2.05, 4.69) is 15.3 Å². The fraction of sp³-hybridized carbons (Fsp3) is 0.343. The van der Waals surface area contributed by atoms with Gasteiger partial charge in [-0.25, -0.2) is 9.97 Å². The summed E-state index contributed by atoms with van der Waals surface area (Å²) in [6, 6.07) is 23.7. The van der Waals surface area contributed by atoms with Gasteiger partial charge in [0, 0.05) is 25.1 Å². The molecule has 0 saturated heterocycles. The lowest BCUT2D eigenvalue weighted by Gasteiger charge is -2.29. The minimum Gasteiger partial charge on any atom is -0.490 e. The van der Waals surface area contributed by atoms with E-state index in [4.69, 9.17) is 19.2 Å². The molecule has 1 aliphatic rings. The van der Waals surface area contributed by atoms with Crippen LogP contribution in [0.15, 0.2) is 79.0 Å². The lowest BCUT2D eigenvalue weighted by molar-refractivity contribution is -0.140. The molecule has 2 heterocycles. The third kappa shape index (κ3) is 8.63. The average Bonchev–Trinajstić information content (AvgIpc) is 3.04. The number of amides is 1. The molecule has 9 nitrogen and oxygen atoms in total. The number of nitrogens with one attached hydrogen (secondary N) is 1. The number of rotatable bonds is 12. The summed E-state index contributed by atoms with van der Waals surface area (Å²) in [5.41, 5.74) is 3.78. The number of hydrogen-bond donors (Lipinski definition) is 1. The predicted octanol–water partition coefficient (Wildman–Crippen LogP) is 5.90. The van der Waals surface area contributed by atoms with E-state index < -0.39 is 11.9 Å². The van der Waals surface area contributed by atoms with E-state index in [-0.39, 0.29) is 31.6 Å². The maximum absolute atomic E-state index is 13.2. The highest BCUT2D eigenvalue weighted by Crippen LogP contribution is 2.31. The Kier molecular flexibility index (Phi) is 10.5. The van der Waals surface area contributed by atoms with Crippen LogP contribution in [0, 0.1) is 12.8 Å². The van der Waals surface area contributed by atoms with Crippen LogP contribution in [0.1, 0.15) is 60.2 Å². The molecule has 0 unspecified atom stereocenters. The highest BCUT2D eigenvalue weighted by atomic mass is 16.5. The first-order valence-corrected chi connectivity index (χ1v) is 15.1. The largest absolute Gasteiger partial charge is 0.490 e. The van der Waals surface area contributed by atoms with Crippen molar-refractivity contribution in [1.29, 1.82) is 0 Å². The zero-order valence-electron chi connectivity index (χ0n) is 25.2. The van der Waals surface area contributed by atoms with Gasteiger partial charge in [0.1, 0.15) is 24.8 Å². The second-order valence-corrected chi connectivity index (χ2v) is 11.0. The van der Waals surface area contributed by atoms with E-state index in [0.717, 1.165) is 48.3 Å². The fourth-order valence-corrected chi connectivity index (χ4v) is 5.35. The minimum atomic E-state index is -0.398. The smallest absolute Gasteiger partial charge is 0.302 e. The minimum absolute atomic E-state index is 0.0812. The maximum Gasteiger partial charge on any atom is 0.302 e. The molecule has 5 rings (SSSR count). The van der Waals surface area contributed by atoms with E-state index in [1.807, 2.05) is 79.7 Å². The van der Waals surface area contributed by atoms with Gasteiger partial charge in [-0.1, -0.05) is 36.4 Å². The molecule has 1 amide bonds. The molecule has 44 heavy (non-hydrogen) atoms. The summed E-state index contributed by atoms with van der Waals surface area (Å²) >= 11 is 0. The summed E-state index contributed by atoms with van der Waals surface area (Å²) < 4.78 is 17.3. The first-order chi connectivity index (χ1) is 21.4. The Labute approximate surface area is 258 Å². The topological polar surface area (TPSA) is 113 Å². The van der Waals surface area contributed by atoms with Crippen LogP contribution < -0.4 is 14.8 Å². The normalized spacial score (nSPS) is 16.1. The van der Waals surface area contributed by atoms with E-state index in [1.165, 1.54) is 6.92 Å². The third-order valence-electron chi connectivity index (χ3n) is 7.60. The lowest BCUT2D eigenvalue weighted by atomic mass is 9.85. The van der Waals surface area contributed by atoms with E-state index in [1.54, 1.807) is 6.20 Å². The van der Waals surface area contributed by atoms with Gasteiger partial charge in [-0.3, -0.25) is 14.6 Å². The number of aryl methyl sites for hydroxylation is 1. The Bertz CT molecular complexity index is 1520. The number of nitrogens with zero attached hydrogens (tertiary/aromatic N) is 3. The molecule has 0 aliphatic heterocycles. The zero-order chi connectivity index (χ0) is 30.7. The molecule has 1 aliphatic carbocycles. The quantitative estimate of drug-likeness (QED) is 0.159. The summed E-state index contributed by atoms with van der Waals surface area (Å²) in [5, 5.41) is 2.79. The van der Waals surface area contributed by atoms with Crippen LogP contribution in [0.25, 0.3) is 11.3 Å². The highest BCUT2D eigenvalue weighted by molar-refractivity contribution is 5.95. The Morgan fingerprint density at radius 3 is 2.36 bits per heavy atom. The molecule has 1 N–H and O–H groups in total. The van der Waals surface area contributed by atoms with Gasteiger partial charge >= 0.3 is 5.97 Å². The summed E-state index contributed by atoms with van der Waals surface area (Å²) in [4.78, 5) is 38.1. The number of pyridine rings is 1. The summed E-state index contributed by atoms with van der Waals surface area (Å²) in [7, 11) is 0. The van der Waals surface area contributed by atoms with Gasteiger partial charge in [0.2, 0.25) is 0 Å². The monoisotopic (exact) mass is 594 g/mol. The number of carbonyl (C=O) groups excluding carboxylic acids is 2. The number of benzene rings is 2. The molecule has 4 aromatic rings. The molecular weight excluding hydrogens is 556 g/mol. The Morgan fingerprint density at radius 2 is 1.66 bits per heavy atom. The van der Waals surface area contributed by atoms with Crippen molar-refractivity contribution in [3.8, 4) is 22.8 Å². The van der Waals surface area contributed by atoms with Crippen molar-refractivity contribution in [2.45, 2.75) is 58.7 Å². The van der Waals surface area contributed by atoms with Gasteiger partial charge in [-0.2, -0.15) is 0 Å². The fourth-order valence-electron chi connectivity index (χ4n) is 5.35. The van der Waals surface area contributed by atoms with Crippen molar-refractivity contribution in [1.82, 2.24) is 20.3 Å². The summed E-state index contributed by atoms with van der Waals surface area (Å²) in [5.74, 6) is 1.44. The summed E-state index contributed by atoms with van der Waals surface area (Å²) in [6.07, 6.45) is 6.45. The molecule has 9 heteroatoms. The van der Waals surface area contributed by atoms with Crippen LogP contribution in [0.5, 0.6) is 11.5 Å². The van der Waals surface area contributed by atoms with Crippen molar-refractivity contribution in [2.24, 2.45) is 5.92 Å². The van der Waals surface area contributed by atoms with E-state index >= 15 is 0 Å². The zero-order valence-corrected chi connectivity index (χ0v) is 25.2. The number of hydrogen-bond acceptors (Lipinski definition) is 8. The van der Waals surface area contributed by atoms with Crippen molar-refractivity contribution in [3.05, 3.63) is 102 Å². The first-order valence-electron chi connectivity index (χ1n) is 15.1. The van der Waals surface area contributed by atoms with Crippen LogP contribution in [-0.4, -0.2) is 46.1 Å². The van der Waals surface area contributed by atoms with Crippen molar-refractivity contribution >= 4 is 11.9 Å². The van der Waals surface area contributed by atoms with Gasteiger partial charge in [-0.15, -0.1) is 0 Å². The summed E-state index contributed by atoms with van der Waals surface area (Å²) in [6.45, 7) is 3.71. The molecule has 0 spiro atoms. The van der Waals surface area contributed by atoms with Crippen LogP contribution >= 0.6 is 0 Å². The second kappa shape index (κ2) is 15.1. The molecule has 0 radical (unpaired) electrons.